The lowest BCUT2D eigenvalue weighted by atomic mass is 9.98. The van der Waals surface area contributed by atoms with E-state index in [9.17, 15) is 22.8 Å². The first-order valence-electron chi connectivity index (χ1n) is 7.30. The van der Waals surface area contributed by atoms with E-state index in [0.29, 0.717) is 12.0 Å². The highest BCUT2D eigenvalue weighted by Crippen LogP contribution is 2.22. The van der Waals surface area contributed by atoms with E-state index in [4.69, 9.17) is 5.73 Å². The predicted octanol–water partition coefficient (Wildman–Crippen LogP) is 2.28. The predicted molar refractivity (Wildman–Crippen MR) is 80.9 cm³/mol. The van der Waals surface area contributed by atoms with E-state index in [0.717, 1.165) is 12.1 Å². The van der Waals surface area contributed by atoms with Crippen LogP contribution >= 0.6 is 0 Å². The third-order valence-electron chi connectivity index (χ3n) is 3.42. The summed E-state index contributed by atoms with van der Waals surface area (Å²) >= 11 is 0. The number of carbonyl (C=O) groups is 2. The number of alkyl halides is 3. The van der Waals surface area contributed by atoms with Gasteiger partial charge in [0.25, 0.3) is 0 Å². The van der Waals surface area contributed by atoms with Crippen LogP contribution in [0.3, 0.4) is 0 Å². The number of benzene rings is 1. The lowest BCUT2D eigenvalue weighted by molar-refractivity contribution is -0.274. The Labute approximate surface area is 137 Å². The smallest absolute Gasteiger partial charge is 0.406 e. The van der Waals surface area contributed by atoms with Gasteiger partial charge in [-0.2, -0.15) is 0 Å². The van der Waals surface area contributed by atoms with Gasteiger partial charge in [0.15, 0.2) is 0 Å². The van der Waals surface area contributed by atoms with Crippen molar-refractivity contribution in [2.24, 2.45) is 11.7 Å². The molecule has 0 unspecified atom stereocenters. The number of amides is 3. The third kappa shape index (κ3) is 6.76. The average Bonchev–Trinajstić information content (AvgIpc) is 2.49. The van der Waals surface area contributed by atoms with Gasteiger partial charge >= 0.3 is 12.4 Å². The van der Waals surface area contributed by atoms with Crippen molar-refractivity contribution in [2.45, 2.75) is 39.2 Å². The second kappa shape index (κ2) is 8.42. The van der Waals surface area contributed by atoms with Crippen molar-refractivity contribution in [3.05, 3.63) is 29.8 Å². The van der Waals surface area contributed by atoms with Crippen LogP contribution in [0, 0.1) is 5.92 Å². The normalized spacial score (nSPS) is 13.7. The van der Waals surface area contributed by atoms with Gasteiger partial charge in [0, 0.05) is 6.54 Å². The average molecular weight is 347 g/mol. The van der Waals surface area contributed by atoms with Crippen molar-refractivity contribution in [3.63, 3.8) is 0 Å². The third-order valence-corrected chi connectivity index (χ3v) is 3.42. The summed E-state index contributed by atoms with van der Waals surface area (Å²) in [6, 6.07) is 3.54. The molecule has 0 aliphatic rings. The molecule has 1 aromatic rings. The van der Waals surface area contributed by atoms with Gasteiger partial charge in [-0.1, -0.05) is 32.4 Å². The second-order valence-electron chi connectivity index (χ2n) is 5.28. The molecule has 6 nitrogen and oxygen atoms in total. The van der Waals surface area contributed by atoms with Crippen LogP contribution in [-0.4, -0.2) is 24.3 Å². The van der Waals surface area contributed by atoms with Crippen LogP contribution in [0.4, 0.5) is 18.0 Å². The molecule has 4 N–H and O–H groups in total. The number of primary amides is 1. The lowest BCUT2D eigenvalue weighted by Gasteiger charge is -2.22. The molecule has 0 aliphatic carbocycles. The molecule has 0 fully saturated rings. The molecule has 134 valence electrons. The number of urea groups is 1. The number of halogens is 3. The maximum atomic E-state index is 12.2. The fourth-order valence-electron chi connectivity index (χ4n) is 1.96. The van der Waals surface area contributed by atoms with Crippen LogP contribution in [0.5, 0.6) is 5.75 Å². The number of carbonyl (C=O) groups excluding carboxylic acids is 2. The van der Waals surface area contributed by atoms with Gasteiger partial charge in [0.05, 0.1) is 0 Å². The van der Waals surface area contributed by atoms with Gasteiger partial charge in [-0.05, 0) is 23.6 Å². The first-order chi connectivity index (χ1) is 11.1. The molecule has 0 heterocycles. The number of rotatable bonds is 7. The van der Waals surface area contributed by atoms with E-state index < -0.39 is 24.3 Å². The Morgan fingerprint density at radius 2 is 1.83 bits per heavy atom. The molecule has 1 rings (SSSR count). The number of hydrogen-bond acceptors (Lipinski definition) is 3. The number of hydrogen-bond donors (Lipinski definition) is 3. The molecule has 0 bridgehead atoms. The molecule has 2 atom stereocenters. The van der Waals surface area contributed by atoms with Crippen LogP contribution in [0.1, 0.15) is 25.8 Å². The van der Waals surface area contributed by atoms with E-state index in [1.54, 1.807) is 6.92 Å². The molecular weight excluding hydrogens is 327 g/mol. The lowest BCUT2D eigenvalue weighted by Crippen LogP contribution is -2.51. The minimum atomic E-state index is -4.75. The van der Waals surface area contributed by atoms with Crippen LogP contribution in [0.25, 0.3) is 0 Å². The fraction of sp³-hybridized carbons (Fsp3) is 0.467. The molecule has 0 aliphatic heterocycles. The molecule has 24 heavy (non-hydrogen) atoms. The first-order valence-corrected chi connectivity index (χ1v) is 7.30. The summed E-state index contributed by atoms with van der Waals surface area (Å²) in [5.41, 5.74) is 5.65. The largest absolute Gasteiger partial charge is 0.573 e. The second-order valence-corrected chi connectivity index (χ2v) is 5.28. The van der Waals surface area contributed by atoms with Crippen LogP contribution in [0.15, 0.2) is 24.3 Å². The van der Waals surface area contributed by atoms with Crippen molar-refractivity contribution < 1.29 is 27.5 Å². The standard InChI is InChI=1S/C15H20F3N3O3/c1-3-9(2)12(21-14(19)23)13(22)20-8-10-4-6-11(7-5-10)24-15(16,17)18/h4-7,9,12H,3,8H2,1-2H3,(H,20,22)(H3,19,21,23)/t9-,12+/m1/s1. The van der Waals surface area contributed by atoms with Gasteiger partial charge in [0.2, 0.25) is 5.91 Å². The molecule has 9 heteroatoms. The van der Waals surface area contributed by atoms with Crippen LogP contribution < -0.4 is 21.1 Å². The van der Waals surface area contributed by atoms with Gasteiger partial charge in [-0.15, -0.1) is 13.2 Å². The molecule has 0 spiro atoms. The molecule has 0 saturated carbocycles. The summed E-state index contributed by atoms with van der Waals surface area (Å²) in [6.07, 6.45) is -4.10. The summed E-state index contributed by atoms with van der Waals surface area (Å²) in [5, 5.41) is 5.00. The summed E-state index contributed by atoms with van der Waals surface area (Å²) in [4.78, 5) is 23.1. The number of ether oxygens (including phenoxy) is 1. The molecule has 0 radical (unpaired) electrons. The van der Waals surface area contributed by atoms with Crippen molar-refractivity contribution in [1.82, 2.24) is 10.6 Å². The topological polar surface area (TPSA) is 93.5 Å². The Bertz CT molecular complexity index is 561. The Morgan fingerprint density at radius 1 is 1.25 bits per heavy atom. The van der Waals surface area contributed by atoms with Crippen molar-refractivity contribution in [3.8, 4) is 5.75 Å². The van der Waals surface area contributed by atoms with E-state index >= 15 is 0 Å². The van der Waals surface area contributed by atoms with Crippen molar-refractivity contribution >= 4 is 11.9 Å². The zero-order valence-corrected chi connectivity index (χ0v) is 13.3. The van der Waals surface area contributed by atoms with Gasteiger partial charge < -0.3 is 21.1 Å². The maximum Gasteiger partial charge on any atom is 0.573 e. The van der Waals surface area contributed by atoms with E-state index in [1.165, 1.54) is 12.1 Å². The molecular formula is C15H20F3N3O3. The Morgan fingerprint density at radius 3 is 2.29 bits per heavy atom. The molecule has 1 aromatic carbocycles. The Balaban J connectivity index is 2.63. The number of nitrogens with two attached hydrogens (primary N) is 1. The highest BCUT2D eigenvalue weighted by Gasteiger charge is 2.31. The highest BCUT2D eigenvalue weighted by molar-refractivity contribution is 5.86. The minimum absolute atomic E-state index is 0.0957. The van der Waals surface area contributed by atoms with E-state index in [1.807, 2.05) is 6.92 Å². The zero-order chi connectivity index (χ0) is 18.3. The van der Waals surface area contributed by atoms with Gasteiger partial charge in [-0.25, -0.2) is 4.79 Å². The quantitative estimate of drug-likeness (QED) is 0.706. The highest BCUT2D eigenvalue weighted by atomic mass is 19.4. The maximum absolute atomic E-state index is 12.2. The fourth-order valence-corrected chi connectivity index (χ4v) is 1.96. The summed E-state index contributed by atoms with van der Waals surface area (Å²) in [6.45, 7) is 3.76. The van der Waals surface area contributed by atoms with Crippen molar-refractivity contribution in [2.75, 3.05) is 0 Å². The van der Waals surface area contributed by atoms with Gasteiger partial charge in [0.1, 0.15) is 11.8 Å². The summed E-state index contributed by atoms with van der Waals surface area (Å²) < 4.78 is 40.0. The van der Waals surface area contributed by atoms with Gasteiger partial charge in [-0.3, -0.25) is 4.79 Å². The SMILES string of the molecule is CC[C@@H](C)[C@H](NC(N)=O)C(=O)NCc1ccc(OC(F)(F)F)cc1. The first kappa shape index (κ1) is 19.6. The van der Waals surface area contributed by atoms with Crippen LogP contribution in [0.2, 0.25) is 0 Å². The minimum Gasteiger partial charge on any atom is -0.406 e. The van der Waals surface area contributed by atoms with Crippen molar-refractivity contribution in [1.29, 1.82) is 0 Å². The molecule has 0 aromatic heterocycles. The van der Waals surface area contributed by atoms with E-state index in [-0.39, 0.29) is 18.2 Å². The van der Waals surface area contributed by atoms with E-state index in [2.05, 4.69) is 15.4 Å². The zero-order valence-electron chi connectivity index (χ0n) is 13.3. The summed E-state index contributed by atoms with van der Waals surface area (Å²) in [7, 11) is 0. The Hall–Kier alpha value is -2.45. The Kier molecular flexibility index (Phi) is 6.87. The molecule has 0 saturated heterocycles. The number of nitrogens with one attached hydrogen (secondary N) is 2. The molecule has 3 amide bonds. The monoisotopic (exact) mass is 347 g/mol. The summed E-state index contributed by atoms with van der Waals surface area (Å²) in [5.74, 6) is -0.885. The van der Waals surface area contributed by atoms with Crippen LogP contribution in [-0.2, 0) is 11.3 Å².